The van der Waals surface area contributed by atoms with Crippen molar-refractivity contribution < 1.29 is 0 Å². The molecular weight excluding hydrogens is 258 g/mol. The first-order chi connectivity index (χ1) is 10.3. The van der Waals surface area contributed by atoms with Crippen molar-refractivity contribution in [3.05, 3.63) is 29.8 Å². The zero-order valence-corrected chi connectivity index (χ0v) is 13.3. The Bertz CT molecular complexity index is 444. The largest absolute Gasteiger partial charge is 0.371 e. The van der Waals surface area contributed by atoms with Crippen molar-refractivity contribution in [2.45, 2.75) is 51.1 Å². The van der Waals surface area contributed by atoms with Crippen molar-refractivity contribution in [3.63, 3.8) is 0 Å². The van der Waals surface area contributed by atoms with Gasteiger partial charge in [-0.05, 0) is 57.3 Å². The number of benzene rings is 1. The first-order valence-corrected chi connectivity index (χ1v) is 8.59. The lowest BCUT2D eigenvalue weighted by Gasteiger charge is -2.41. The van der Waals surface area contributed by atoms with Gasteiger partial charge in [0.25, 0.3) is 0 Å². The third-order valence-corrected chi connectivity index (χ3v) is 5.14. The Labute approximate surface area is 129 Å². The zero-order chi connectivity index (χ0) is 14.7. The van der Waals surface area contributed by atoms with Crippen molar-refractivity contribution >= 4 is 5.69 Å². The van der Waals surface area contributed by atoms with Crippen LogP contribution in [-0.4, -0.2) is 37.1 Å². The molecule has 1 aromatic carbocycles. The van der Waals surface area contributed by atoms with Gasteiger partial charge in [-0.1, -0.05) is 24.6 Å². The molecule has 0 spiro atoms. The van der Waals surface area contributed by atoms with Crippen LogP contribution >= 0.6 is 0 Å². The molecule has 3 heteroatoms. The Balaban J connectivity index is 1.63. The number of hydrogen-bond acceptors (Lipinski definition) is 3. The normalized spacial score (nSPS) is 23.2. The van der Waals surface area contributed by atoms with Crippen LogP contribution in [0.2, 0.25) is 0 Å². The summed E-state index contributed by atoms with van der Waals surface area (Å²) >= 11 is 0. The van der Waals surface area contributed by atoms with E-state index in [1.165, 1.54) is 69.5 Å². The fourth-order valence-corrected chi connectivity index (χ4v) is 3.92. The van der Waals surface area contributed by atoms with Gasteiger partial charge >= 0.3 is 0 Å². The van der Waals surface area contributed by atoms with Crippen molar-refractivity contribution in [2.75, 3.05) is 31.1 Å². The summed E-state index contributed by atoms with van der Waals surface area (Å²) in [5, 5.41) is 0. The van der Waals surface area contributed by atoms with Gasteiger partial charge in [0.15, 0.2) is 0 Å². The Morgan fingerprint density at radius 2 is 1.67 bits per heavy atom. The van der Waals surface area contributed by atoms with Crippen LogP contribution in [0.5, 0.6) is 0 Å². The zero-order valence-electron chi connectivity index (χ0n) is 13.3. The monoisotopic (exact) mass is 287 g/mol. The van der Waals surface area contributed by atoms with Crippen molar-refractivity contribution in [3.8, 4) is 0 Å². The molecule has 0 radical (unpaired) electrons. The van der Waals surface area contributed by atoms with E-state index in [0.29, 0.717) is 0 Å². The molecule has 1 atom stereocenters. The molecule has 2 aliphatic heterocycles. The standard InChI is InChI=1S/C18H29N3/c1-15(19)17-7-3-4-8-18(17)21-13-9-16(10-14-21)20-11-5-2-6-12-20/h3-4,7-8,15-16H,2,5-6,9-14,19H2,1H3/t15-/m1/s1. The van der Waals surface area contributed by atoms with E-state index in [2.05, 4.69) is 41.0 Å². The molecule has 21 heavy (non-hydrogen) atoms. The number of anilines is 1. The number of hydrogen-bond donors (Lipinski definition) is 1. The lowest BCUT2D eigenvalue weighted by molar-refractivity contribution is 0.141. The second-order valence-electron chi connectivity index (χ2n) is 6.66. The maximum Gasteiger partial charge on any atom is 0.0414 e. The predicted molar refractivity (Wildman–Crippen MR) is 89.7 cm³/mol. The second-order valence-corrected chi connectivity index (χ2v) is 6.66. The SMILES string of the molecule is C[C@@H](N)c1ccccc1N1CCC(N2CCCCC2)CC1. The number of nitrogens with two attached hydrogens (primary N) is 1. The summed E-state index contributed by atoms with van der Waals surface area (Å²) in [6.45, 7) is 7.07. The molecule has 2 aliphatic rings. The Morgan fingerprint density at radius 3 is 2.33 bits per heavy atom. The molecule has 2 N–H and O–H groups in total. The lowest BCUT2D eigenvalue weighted by atomic mass is 9.98. The van der Waals surface area contributed by atoms with Crippen LogP contribution in [0, 0.1) is 0 Å². The maximum atomic E-state index is 6.13. The van der Waals surface area contributed by atoms with Crippen LogP contribution < -0.4 is 10.6 Å². The van der Waals surface area contributed by atoms with Crippen LogP contribution in [0.15, 0.2) is 24.3 Å². The molecule has 0 bridgehead atoms. The molecular formula is C18H29N3. The molecule has 1 aromatic rings. The van der Waals surface area contributed by atoms with Gasteiger partial charge in [-0.25, -0.2) is 0 Å². The molecule has 0 aliphatic carbocycles. The van der Waals surface area contributed by atoms with Gasteiger partial charge in [-0.3, -0.25) is 0 Å². The molecule has 3 rings (SSSR count). The van der Waals surface area contributed by atoms with Crippen molar-refractivity contribution in [1.29, 1.82) is 0 Å². The van der Waals surface area contributed by atoms with E-state index in [9.17, 15) is 0 Å². The summed E-state index contributed by atoms with van der Waals surface area (Å²) in [4.78, 5) is 5.28. The molecule has 116 valence electrons. The minimum atomic E-state index is 0.112. The van der Waals surface area contributed by atoms with E-state index in [1.807, 2.05) is 0 Å². The summed E-state index contributed by atoms with van der Waals surface area (Å²) in [6, 6.07) is 9.57. The van der Waals surface area contributed by atoms with Gasteiger partial charge in [0.1, 0.15) is 0 Å². The Hall–Kier alpha value is -1.06. The van der Waals surface area contributed by atoms with Gasteiger partial charge in [-0.2, -0.15) is 0 Å². The molecule has 0 saturated carbocycles. The van der Waals surface area contributed by atoms with E-state index in [0.717, 1.165) is 6.04 Å². The molecule has 0 unspecified atom stereocenters. The van der Waals surface area contributed by atoms with Crippen molar-refractivity contribution in [2.24, 2.45) is 5.73 Å². The second kappa shape index (κ2) is 6.80. The van der Waals surface area contributed by atoms with E-state index < -0.39 is 0 Å². The van der Waals surface area contributed by atoms with Gasteiger partial charge in [0, 0.05) is 30.9 Å². The minimum Gasteiger partial charge on any atom is -0.371 e. The summed E-state index contributed by atoms with van der Waals surface area (Å²) in [6.07, 6.45) is 6.82. The third kappa shape index (κ3) is 3.41. The predicted octanol–water partition coefficient (Wildman–Crippen LogP) is 3.16. The first kappa shape index (κ1) is 14.9. The fourth-order valence-electron chi connectivity index (χ4n) is 3.92. The molecule has 2 heterocycles. The summed E-state index contributed by atoms with van der Waals surface area (Å²) < 4.78 is 0. The lowest BCUT2D eigenvalue weighted by Crippen LogP contribution is -2.47. The highest BCUT2D eigenvalue weighted by Gasteiger charge is 2.26. The van der Waals surface area contributed by atoms with Crippen molar-refractivity contribution in [1.82, 2.24) is 4.90 Å². The Kier molecular flexibility index (Phi) is 4.81. The summed E-state index contributed by atoms with van der Waals surface area (Å²) in [5.74, 6) is 0. The number of para-hydroxylation sites is 1. The van der Waals surface area contributed by atoms with Crippen LogP contribution in [0.25, 0.3) is 0 Å². The topological polar surface area (TPSA) is 32.5 Å². The molecule has 3 nitrogen and oxygen atoms in total. The van der Waals surface area contributed by atoms with E-state index in [-0.39, 0.29) is 6.04 Å². The number of rotatable bonds is 3. The van der Waals surface area contributed by atoms with Gasteiger partial charge in [-0.15, -0.1) is 0 Å². The minimum absolute atomic E-state index is 0.112. The first-order valence-electron chi connectivity index (χ1n) is 8.59. The summed E-state index contributed by atoms with van der Waals surface area (Å²) in [7, 11) is 0. The van der Waals surface area contributed by atoms with Crippen LogP contribution in [0.3, 0.4) is 0 Å². The van der Waals surface area contributed by atoms with E-state index >= 15 is 0 Å². The number of piperidine rings is 2. The summed E-state index contributed by atoms with van der Waals surface area (Å²) in [5.41, 5.74) is 8.77. The molecule has 2 saturated heterocycles. The highest BCUT2D eigenvalue weighted by atomic mass is 15.2. The van der Waals surface area contributed by atoms with Gasteiger partial charge in [0.2, 0.25) is 0 Å². The maximum absolute atomic E-state index is 6.13. The molecule has 0 aromatic heterocycles. The fraction of sp³-hybridized carbons (Fsp3) is 0.667. The van der Waals surface area contributed by atoms with Gasteiger partial charge in [0.05, 0.1) is 0 Å². The highest BCUT2D eigenvalue weighted by Crippen LogP contribution is 2.29. The van der Waals surface area contributed by atoms with Gasteiger partial charge < -0.3 is 15.5 Å². The third-order valence-electron chi connectivity index (χ3n) is 5.14. The molecule has 0 amide bonds. The average Bonchev–Trinajstić information content (AvgIpc) is 2.56. The number of likely N-dealkylation sites (tertiary alicyclic amines) is 1. The van der Waals surface area contributed by atoms with Crippen LogP contribution in [-0.2, 0) is 0 Å². The van der Waals surface area contributed by atoms with E-state index in [1.54, 1.807) is 0 Å². The number of nitrogens with zero attached hydrogens (tertiary/aromatic N) is 2. The molecule has 2 fully saturated rings. The highest BCUT2D eigenvalue weighted by molar-refractivity contribution is 5.55. The Morgan fingerprint density at radius 1 is 1.00 bits per heavy atom. The van der Waals surface area contributed by atoms with Crippen LogP contribution in [0.4, 0.5) is 5.69 Å². The van der Waals surface area contributed by atoms with E-state index in [4.69, 9.17) is 5.73 Å². The van der Waals surface area contributed by atoms with Crippen LogP contribution in [0.1, 0.15) is 50.6 Å². The smallest absolute Gasteiger partial charge is 0.0414 e. The quantitative estimate of drug-likeness (QED) is 0.927. The average molecular weight is 287 g/mol.